The lowest BCUT2D eigenvalue weighted by Gasteiger charge is -2.45. The van der Waals surface area contributed by atoms with E-state index < -0.39 is 40.8 Å². The van der Waals surface area contributed by atoms with Gasteiger partial charge in [-0.1, -0.05) is 31.0 Å². The van der Waals surface area contributed by atoms with E-state index in [4.69, 9.17) is 11.2 Å². The molecule has 1 aromatic rings. The summed E-state index contributed by atoms with van der Waals surface area (Å²) in [7, 11) is 0. The Hall–Kier alpha value is -3.01. The summed E-state index contributed by atoms with van der Waals surface area (Å²) < 4.78 is 5.32. The van der Waals surface area contributed by atoms with Crippen molar-refractivity contribution in [1.29, 1.82) is 0 Å². The molecule has 0 aliphatic carbocycles. The zero-order valence-electron chi connectivity index (χ0n) is 22.3. The maximum absolute atomic E-state index is 13.9. The van der Waals surface area contributed by atoms with Crippen molar-refractivity contribution in [2.45, 2.75) is 104 Å². The minimum absolute atomic E-state index is 0.352. The SMILES string of the molecule is C#Cc1ccccc1C(C(=O)NC(C)(C)C)N(C(=O)C(C)NC(=O)OC(C)(C)C)C(C)(C)CC. The Bertz CT molecular complexity index is 932. The van der Waals surface area contributed by atoms with Crippen LogP contribution < -0.4 is 10.6 Å². The molecule has 0 heterocycles. The molecule has 0 aliphatic heterocycles. The lowest BCUT2D eigenvalue weighted by Crippen LogP contribution is -2.59. The quantitative estimate of drug-likeness (QED) is 0.571. The van der Waals surface area contributed by atoms with Gasteiger partial charge in [0.25, 0.3) is 0 Å². The van der Waals surface area contributed by atoms with E-state index in [0.717, 1.165) is 0 Å². The molecule has 2 N–H and O–H groups in total. The molecule has 0 saturated heterocycles. The number of alkyl carbamates (subject to hydrolysis) is 1. The van der Waals surface area contributed by atoms with Gasteiger partial charge in [0.05, 0.1) is 0 Å². The van der Waals surface area contributed by atoms with Crippen molar-refractivity contribution in [1.82, 2.24) is 15.5 Å². The third-order valence-electron chi connectivity index (χ3n) is 5.27. The van der Waals surface area contributed by atoms with Gasteiger partial charge in [0.1, 0.15) is 17.7 Å². The Balaban J connectivity index is 3.61. The lowest BCUT2D eigenvalue weighted by molar-refractivity contribution is -0.149. The highest BCUT2D eigenvalue weighted by atomic mass is 16.6. The molecule has 188 valence electrons. The van der Waals surface area contributed by atoms with Crippen molar-refractivity contribution >= 4 is 17.9 Å². The molecule has 0 bridgehead atoms. The molecule has 0 spiro atoms. The molecule has 7 heteroatoms. The van der Waals surface area contributed by atoms with Crippen LogP contribution in [-0.4, -0.2) is 45.5 Å². The molecule has 7 nitrogen and oxygen atoms in total. The van der Waals surface area contributed by atoms with Crippen LogP contribution in [0.4, 0.5) is 4.79 Å². The first-order valence-corrected chi connectivity index (χ1v) is 11.6. The first-order valence-electron chi connectivity index (χ1n) is 11.6. The Morgan fingerprint density at radius 2 is 1.62 bits per heavy atom. The molecule has 0 radical (unpaired) electrons. The fourth-order valence-electron chi connectivity index (χ4n) is 3.40. The van der Waals surface area contributed by atoms with Gasteiger partial charge in [-0.05, 0) is 80.4 Å². The summed E-state index contributed by atoms with van der Waals surface area (Å²) in [5.74, 6) is 1.87. The number of nitrogens with zero attached hydrogens (tertiary/aromatic N) is 1. The second-order valence-electron chi connectivity index (χ2n) is 11.1. The topological polar surface area (TPSA) is 87.7 Å². The predicted octanol–water partition coefficient (Wildman–Crippen LogP) is 4.55. The Morgan fingerprint density at radius 1 is 1.06 bits per heavy atom. The molecule has 2 atom stereocenters. The number of hydrogen-bond donors (Lipinski definition) is 2. The van der Waals surface area contributed by atoms with Crippen LogP contribution in [0.15, 0.2) is 24.3 Å². The smallest absolute Gasteiger partial charge is 0.408 e. The third-order valence-corrected chi connectivity index (χ3v) is 5.27. The van der Waals surface area contributed by atoms with Crippen molar-refractivity contribution in [3.63, 3.8) is 0 Å². The van der Waals surface area contributed by atoms with Crippen molar-refractivity contribution in [3.05, 3.63) is 35.4 Å². The highest BCUT2D eigenvalue weighted by molar-refractivity contribution is 5.93. The van der Waals surface area contributed by atoms with Gasteiger partial charge in [0.15, 0.2) is 0 Å². The lowest BCUT2D eigenvalue weighted by atomic mass is 9.90. The van der Waals surface area contributed by atoms with Crippen molar-refractivity contribution in [3.8, 4) is 12.3 Å². The molecule has 3 amide bonds. The van der Waals surface area contributed by atoms with Crippen LogP contribution >= 0.6 is 0 Å². The molecule has 1 aromatic carbocycles. The number of ether oxygens (including phenoxy) is 1. The van der Waals surface area contributed by atoms with E-state index in [-0.39, 0.29) is 5.91 Å². The van der Waals surface area contributed by atoms with Crippen molar-refractivity contribution in [2.75, 3.05) is 0 Å². The Labute approximate surface area is 205 Å². The van der Waals surface area contributed by atoms with Crippen LogP contribution in [0.5, 0.6) is 0 Å². The van der Waals surface area contributed by atoms with E-state index >= 15 is 0 Å². The highest BCUT2D eigenvalue weighted by Gasteiger charge is 2.43. The second-order valence-corrected chi connectivity index (χ2v) is 11.1. The first-order chi connectivity index (χ1) is 15.4. The maximum atomic E-state index is 13.9. The predicted molar refractivity (Wildman–Crippen MR) is 135 cm³/mol. The van der Waals surface area contributed by atoms with Gasteiger partial charge in [-0.3, -0.25) is 9.59 Å². The van der Waals surface area contributed by atoms with Crippen LogP contribution in [-0.2, 0) is 14.3 Å². The van der Waals surface area contributed by atoms with Gasteiger partial charge in [0, 0.05) is 16.6 Å². The summed E-state index contributed by atoms with van der Waals surface area (Å²) in [5.41, 5.74) is -0.912. The van der Waals surface area contributed by atoms with Gasteiger partial charge in [-0.25, -0.2) is 4.79 Å². The fourth-order valence-corrected chi connectivity index (χ4v) is 3.40. The molecule has 0 saturated carbocycles. The zero-order valence-corrected chi connectivity index (χ0v) is 22.3. The number of carbonyl (C=O) groups excluding carboxylic acids is 3. The molecule has 0 aliphatic rings. The van der Waals surface area contributed by atoms with Gasteiger partial charge >= 0.3 is 6.09 Å². The molecule has 1 rings (SSSR count). The van der Waals surface area contributed by atoms with E-state index in [2.05, 4.69) is 16.6 Å². The number of benzene rings is 1. The van der Waals surface area contributed by atoms with Gasteiger partial charge in [-0.2, -0.15) is 0 Å². The number of rotatable bonds is 7. The summed E-state index contributed by atoms with van der Waals surface area (Å²) in [6.07, 6.45) is 5.62. The molecule has 0 fully saturated rings. The molecular weight excluding hydrogens is 430 g/mol. The minimum atomic E-state index is -1.00. The normalized spacial score (nSPS) is 13.8. The summed E-state index contributed by atoms with van der Waals surface area (Å²) in [4.78, 5) is 41.4. The van der Waals surface area contributed by atoms with Gasteiger partial charge in [0.2, 0.25) is 11.8 Å². The number of hydrogen-bond acceptors (Lipinski definition) is 4. The number of terminal acetylenes is 1. The number of carbonyl (C=O) groups is 3. The van der Waals surface area contributed by atoms with E-state index in [1.807, 2.05) is 41.5 Å². The van der Waals surface area contributed by atoms with E-state index in [0.29, 0.717) is 17.5 Å². The summed E-state index contributed by atoms with van der Waals surface area (Å²) in [6, 6.07) is 5.15. The number of nitrogens with one attached hydrogen (secondary N) is 2. The Morgan fingerprint density at radius 3 is 2.09 bits per heavy atom. The number of amides is 3. The largest absolute Gasteiger partial charge is 0.444 e. The minimum Gasteiger partial charge on any atom is -0.444 e. The third kappa shape index (κ3) is 8.09. The van der Waals surface area contributed by atoms with E-state index in [1.165, 1.54) is 4.90 Å². The zero-order chi connectivity index (χ0) is 26.5. The van der Waals surface area contributed by atoms with Crippen LogP contribution in [0, 0.1) is 12.3 Å². The van der Waals surface area contributed by atoms with Crippen LogP contribution in [0.1, 0.15) is 92.8 Å². The molecule has 0 aromatic heterocycles. The molecule has 34 heavy (non-hydrogen) atoms. The standard InChI is InChI=1S/C27H41N3O4/c1-12-19-16-14-15-17-20(19)21(22(31)29-25(4,5)6)30(27(10,11)13-2)23(32)18(3)28-24(33)34-26(7,8)9/h1,14-18,21H,13H2,2-11H3,(H,28,33)(H,29,31). The van der Waals surface area contributed by atoms with E-state index in [1.54, 1.807) is 52.0 Å². The monoisotopic (exact) mass is 471 g/mol. The van der Waals surface area contributed by atoms with Crippen molar-refractivity contribution < 1.29 is 19.1 Å². The first kappa shape index (κ1) is 29.0. The maximum Gasteiger partial charge on any atom is 0.408 e. The van der Waals surface area contributed by atoms with Crippen LogP contribution in [0.2, 0.25) is 0 Å². The van der Waals surface area contributed by atoms with Gasteiger partial charge in [-0.15, -0.1) is 6.42 Å². The van der Waals surface area contributed by atoms with Crippen molar-refractivity contribution in [2.24, 2.45) is 0 Å². The fraction of sp³-hybridized carbons (Fsp3) is 0.593. The summed E-state index contributed by atoms with van der Waals surface area (Å²) in [5, 5.41) is 5.61. The van der Waals surface area contributed by atoms with Gasteiger partial charge < -0.3 is 20.3 Å². The second kappa shape index (κ2) is 10.9. The summed E-state index contributed by atoms with van der Waals surface area (Å²) >= 11 is 0. The van der Waals surface area contributed by atoms with E-state index in [9.17, 15) is 14.4 Å². The van der Waals surface area contributed by atoms with Crippen LogP contribution in [0.3, 0.4) is 0 Å². The highest BCUT2D eigenvalue weighted by Crippen LogP contribution is 2.34. The molecule has 2 unspecified atom stereocenters. The molecular formula is C27H41N3O4. The van der Waals surface area contributed by atoms with Crippen LogP contribution in [0.25, 0.3) is 0 Å². The summed E-state index contributed by atoms with van der Waals surface area (Å²) in [6.45, 7) is 18.2. The Kier molecular flexibility index (Phi) is 9.34. The average Bonchev–Trinajstić information content (AvgIpc) is 2.68. The average molecular weight is 472 g/mol.